The van der Waals surface area contributed by atoms with Crippen LogP contribution in [-0.2, 0) is 4.74 Å². The van der Waals surface area contributed by atoms with Crippen LogP contribution in [0.5, 0.6) is 11.5 Å². The Morgan fingerprint density at radius 2 is 1.96 bits per heavy atom. The number of anilines is 1. The molecule has 0 unspecified atom stereocenters. The number of ether oxygens (including phenoxy) is 3. The molecule has 126 valence electrons. The van der Waals surface area contributed by atoms with E-state index in [4.69, 9.17) is 25.2 Å². The molecule has 2 aromatic rings. The summed E-state index contributed by atoms with van der Waals surface area (Å²) in [6.07, 6.45) is 1.30. The standard InChI is InChI=1S/C15H13BrFN3O4/c1-22-13-8(16)4-9(14(23-2)10(13)17)20-6-7(5-18)11(19)12(20)15(21)24-3/h4,6H,19H2,1-3H3. The van der Waals surface area contributed by atoms with Crippen LogP contribution in [0.15, 0.2) is 16.7 Å². The van der Waals surface area contributed by atoms with Gasteiger partial charge in [-0.25, -0.2) is 4.79 Å². The summed E-state index contributed by atoms with van der Waals surface area (Å²) in [6.45, 7) is 0. The number of hydrogen-bond donors (Lipinski definition) is 1. The molecule has 0 spiro atoms. The van der Waals surface area contributed by atoms with Crippen molar-refractivity contribution in [1.29, 1.82) is 5.26 Å². The first-order chi connectivity index (χ1) is 11.4. The number of rotatable bonds is 4. The normalized spacial score (nSPS) is 10.2. The van der Waals surface area contributed by atoms with Gasteiger partial charge < -0.3 is 24.5 Å². The van der Waals surface area contributed by atoms with E-state index < -0.39 is 11.8 Å². The summed E-state index contributed by atoms with van der Waals surface area (Å²) in [5.41, 5.74) is 5.85. The fourth-order valence-electron chi connectivity index (χ4n) is 2.24. The summed E-state index contributed by atoms with van der Waals surface area (Å²) in [4.78, 5) is 12.0. The zero-order valence-corrected chi connectivity index (χ0v) is 14.6. The number of halogens is 2. The van der Waals surface area contributed by atoms with Gasteiger partial charge in [0.25, 0.3) is 0 Å². The van der Waals surface area contributed by atoms with Crippen LogP contribution in [-0.4, -0.2) is 31.9 Å². The Balaban J connectivity index is 2.87. The van der Waals surface area contributed by atoms with Crippen molar-refractivity contribution in [3.05, 3.63) is 33.8 Å². The highest BCUT2D eigenvalue weighted by atomic mass is 79.9. The van der Waals surface area contributed by atoms with Crippen LogP contribution in [0.4, 0.5) is 10.1 Å². The highest BCUT2D eigenvalue weighted by Gasteiger charge is 2.26. The molecule has 0 aliphatic heterocycles. The van der Waals surface area contributed by atoms with Crippen molar-refractivity contribution in [3.8, 4) is 23.3 Å². The Kier molecular flexibility index (Phi) is 4.99. The van der Waals surface area contributed by atoms with E-state index in [0.717, 1.165) is 0 Å². The lowest BCUT2D eigenvalue weighted by Gasteiger charge is -2.16. The van der Waals surface area contributed by atoms with E-state index in [0.29, 0.717) is 4.47 Å². The number of nitrogens with zero attached hydrogens (tertiary/aromatic N) is 2. The van der Waals surface area contributed by atoms with Gasteiger partial charge in [0.15, 0.2) is 17.2 Å². The molecule has 0 atom stereocenters. The molecular formula is C15H13BrFN3O4. The first kappa shape index (κ1) is 17.6. The molecule has 0 amide bonds. The summed E-state index contributed by atoms with van der Waals surface area (Å²) in [5.74, 6) is -1.79. The average Bonchev–Trinajstić information content (AvgIpc) is 2.90. The number of carbonyl (C=O) groups is 1. The highest BCUT2D eigenvalue weighted by molar-refractivity contribution is 9.10. The van der Waals surface area contributed by atoms with E-state index in [1.54, 1.807) is 0 Å². The first-order valence-electron chi connectivity index (χ1n) is 6.50. The van der Waals surface area contributed by atoms with Crippen molar-refractivity contribution < 1.29 is 23.4 Å². The molecule has 2 N–H and O–H groups in total. The maximum atomic E-state index is 14.6. The summed E-state index contributed by atoms with van der Waals surface area (Å²) >= 11 is 3.19. The minimum Gasteiger partial charge on any atom is -0.492 e. The Morgan fingerprint density at radius 1 is 1.33 bits per heavy atom. The zero-order chi connectivity index (χ0) is 18.0. The van der Waals surface area contributed by atoms with E-state index in [-0.39, 0.29) is 34.1 Å². The summed E-state index contributed by atoms with van der Waals surface area (Å²) in [7, 11) is 3.75. The molecule has 2 rings (SSSR count). The molecular weight excluding hydrogens is 385 g/mol. The van der Waals surface area contributed by atoms with Gasteiger partial charge in [-0.3, -0.25) is 0 Å². The molecule has 7 nitrogen and oxygen atoms in total. The van der Waals surface area contributed by atoms with E-state index in [9.17, 15) is 9.18 Å². The summed E-state index contributed by atoms with van der Waals surface area (Å²) in [6, 6.07) is 3.35. The van der Waals surface area contributed by atoms with Crippen LogP contribution in [0.2, 0.25) is 0 Å². The average molecular weight is 398 g/mol. The van der Waals surface area contributed by atoms with Gasteiger partial charge in [0.05, 0.1) is 42.7 Å². The largest absolute Gasteiger partial charge is 0.492 e. The van der Waals surface area contributed by atoms with E-state index in [1.165, 1.54) is 38.2 Å². The Morgan fingerprint density at radius 3 is 2.46 bits per heavy atom. The molecule has 0 saturated carbocycles. The quantitative estimate of drug-likeness (QED) is 0.795. The van der Waals surface area contributed by atoms with E-state index in [1.807, 2.05) is 6.07 Å². The van der Waals surface area contributed by atoms with Crippen LogP contribution in [0.25, 0.3) is 5.69 Å². The molecule has 9 heteroatoms. The van der Waals surface area contributed by atoms with Crippen molar-refractivity contribution in [2.45, 2.75) is 0 Å². The van der Waals surface area contributed by atoms with Crippen LogP contribution in [0.3, 0.4) is 0 Å². The third-order valence-corrected chi connectivity index (χ3v) is 3.91. The van der Waals surface area contributed by atoms with Gasteiger partial charge in [0.2, 0.25) is 5.82 Å². The SMILES string of the molecule is COC(=O)c1c(N)c(C#N)cn1-c1cc(Br)c(OC)c(F)c1OC. The third kappa shape index (κ3) is 2.65. The highest BCUT2D eigenvalue weighted by Crippen LogP contribution is 2.40. The molecule has 1 heterocycles. The van der Waals surface area contributed by atoms with Crippen molar-refractivity contribution in [2.75, 3.05) is 27.1 Å². The van der Waals surface area contributed by atoms with Gasteiger partial charge in [0, 0.05) is 6.20 Å². The molecule has 0 radical (unpaired) electrons. The van der Waals surface area contributed by atoms with Crippen LogP contribution in [0, 0.1) is 17.1 Å². The Labute approximate surface area is 145 Å². The van der Waals surface area contributed by atoms with Crippen molar-refractivity contribution in [2.24, 2.45) is 0 Å². The molecule has 0 bridgehead atoms. The fraction of sp³-hybridized carbons (Fsp3) is 0.200. The van der Waals surface area contributed by atoms with Crippen molar-refractivity contribution >= 4 is 27.6 Å². The number of benzene rings is 1. The molecule has 0 aliphatic carbocycles. The number of aromatic nitrogens is 1. The van der Waals surface area contributed by atoms with Crippen molar-refractivity contribution in [1.82, 2.24) is 4.57 Å². The minimum absolute atomic E-state index is 0.0461. The number of hydrogen-bond acceptors (Lipinski definition) is 6. The number of nitrogens with two attached hydrogens (primary N) is 1. The lowest BCUT2D eigenvalue weighted by molar-refractivity contribution is 0.0593. The first-order valence-corrected chi connectivity index (χ1v) is 7.30. The molecule has 1 aromatic carbocycles. The Bertz CT molecular complexity index is 858. The summed E-state index contributed by atoms with van der Waals surface area (Å²) in [5, 5.41) is 9.15. The number of esters is 1. The molecule has 0 fully saturated rings. The minimum atomic E-state index is -0.775. The number of carbonyl (C=O) groups excluding carboxylic acids is 1. The van der Waals surface area contributed by atoms with Gasteiger partial charge >= 0.3 is 5.97 Å². The van der Waals surface area contributed by atoms with Crippen LogP contribution >= 0.6 is 15.9 Å². The zero-order valence-electron chi connectivity index (χ0n) is 13.0. The van der Waals surface area contributed by atoms with Crippen LogP contribution < -0.4 is 15.2 Å². The van der Waals surface area contributed by atoms with Gasteiger partial charge in [0.1, 0.15) is 6.07 Å². The third-order valence-electron chi connectivity index (χ3n) is 3.32. The molecule has 1 aromatic heterocycles. The Hall–Kier alpha value is -2.73. The maximum Gasteiger partial charge on any atom is 0.357 e. The van der Waals surface area contributed by atoms with Crippen LogP contribution in [0.1, 0.15) is 16.1 Å². The second-order valence-corrected chi connectivity index (χ2v) is 5.39. The van der Waals surface area contributed by atoms with E-state index in [2.05, 4.69) is 15.9 Å². The maximum absolute atomic E-state index is 14.6. The lowest BCUT2D eigenvalue weighted by atomic mass is 10.2. The molecule has 24 heavy (non-hydrogen) atoms. The number of methoxy groups -OCH3 is 3. The molecule has 0 saturated heterocycles. The van der Waals surface area contributed by atoms with Gasteiger partial charge in [-0.15, -0.1) is 0 Å². The predicted octanol–water partition coefficient (Wildman–Crippen LogP) is 2.64. The van der Waals surface area contributed by atoms with E-state index >= 15 is 0 Å². The monoisotopic (exact) mass is 397 g/mol. The smallest absolute Gasteiger partial charge is 0.357 e. The lowest BCUT2D eigenvalue weighted by Crippen LogP contribution is -2.12. The van der Waals surface area contributed by atoms with Gasteiger partial charge in [-0.2, -0.15) is 9.65 Å². The number of nitrogen functional groups attached to an aromatic ring is 1. The molecule has 0 aliphatic rings. The fourth-order valence-corrected chi connectivity index (χ4v) is 2.79. The van der Waals surface area contributed by atoms with Crippen molar-refractivity contribution in [3.63, 3.8) is 0 Å². The second kappa shape index (κ2) is 6.80. The van der Waals surface area contributed by atoms with Gasteiger partial charge in [-0.1, -0.05) is 0 Å². The second-order valence-electron chi connectivity index (χ2n) is 4.54. The topological polar surface area (TPSA) is 99.5 Å². The number of nitriles is 1. The van der Waals surface area contributed by atoms with Gasteiger partial charge in [-0.05, 0) is 22.0 Å². The summed E-state index contributed by atoms with van der Waals surface area (Å²) < 4.78 is 30.9. The predicted molar refractivity (Wildman–Crippen MR) is 87.0 cm³/mol.